The molecule has 0 bridgehead atoms. The Morgan fingerprint density at radius 2 is 2.00 bits per heavy atom. The van der Waals surface area contributed by atoms with E-state index in [0.29, 0.717) is 0 Å². The number of ether oxygens (including phenoxy) is 1. The Kier molecular flexibility index (Phi) is 6.09. The highest BCUT2D eigenvalue weighted by Crippen LogP contribution is 2.39. The van der Waals surface area contributed by atoms with Crippen LogP contribution in [0.25, 0.3) is 11.2 Å². The third-order valence-electron chi connectivity index (χ3n) is 4.90. The van der Waals surface area contributed by atoms with Gasteiger partial charge in [0.05, 0.1) is 12.9 Å². The number of anilines is 1. The predicted molar refractivity (Wildman–Crippen MR) is 105 cm³/mol. The molecule has 0 unspecified atom stereocenters. The Morgan fingerprint density at radius 1 is 1.22 bits per heavy atom. The molecule has 0 spiro atoms. The number of aromatic hydroxyl groups is 1. The van der Waals surface area contributed by atoms with E-state index in [-0.39, 0.29) is 34.8 Å². The molecule has 1 fully saturated rings. The lowest BCUT2D eigenvalue weighted by Gasteiger charge is -2.16. The molecule has 172 valence electrons. The maximum Gasteiger partial charge on any atom is 0.469 e. The monoisotopic (exact) mass is 471 g/mol. The summed E-state index contributed by atoms with van der Waals surface area (Å²) in [6.07, 6.45) is -2.90. The van der Waals surface area contributed by atoms with Crippen molar-refractivity contribution >= 4 is 24.8 Å². The molecule has 4 atom stereocenters. The van der Waals surface area contributed by atoms with Gasteiger partial charge in [-0.2, -0.15) is 0 Å². The van der Waals surface area contributed by atoms with Crippen molar-refractivity contribution in [3.05, 3.63) is 42.2 Å². The van der Waals surface area contributed by atoms with Gasteiger partial charge >= 0.3 is 7.82 Å². The van der Waals surface area contributed by atoms with Crippen molar-refractivity contribution in [3.63, 3.8) is 0 Å². The minimum Gasteiger partial charge on any atom is -0.507 e. The number of nitrogens with zero attached hydrogens (tertiary/aromatic N) is 4. The van der Waals surface area contributed by atoms with Crippen molar-refractivity contribution in [3.8, 4) is 5.75 Å². The molecule has 4 rings (SSSR count). The number of phosphoric ester groups is 1. The fraction of sp³-hybridized carbons (Fsp3) is 0.353. The molecule has 15 heteroatoms. The number of fused-ring (bicyclic) bond motifs is 1. The van der Waals surface area contributed by atoms with Crippen LogP contribution in [0.1, 0.15) is 11.8 Å². The molecule has 0 radical (unpaired) electrons. The zero-order chi connectivity index (χ0) is 23.0. The summed E-state index contributed by atoms with van der Waals surface area (Å²) < 4.78 is 36.0. The van der Waals surface area contributed by atoms with Gasteiger partial charge in [0.2, 0.25) is 0 Å². The van der Waals surface area contributed by atoms with Crippen LogP contribution in [0.3, 0.4) is 0 Å². The summed E-state index contributed by atoms with van der Waals surface area (Å²) in [5.41, 5.74) is 0.473. The van der Waals surface area contributed by atoms with Crippen LogP contribution in [-0.4, -0.2) is 69.5 Å². The van der Waals surface area contributed by atoms with E-state index in [1.54, 1.807) is 0 Å². The Hall–Kier alpha value is -2.71. The number of imidazole rings is 1. The van der Waals surface area contributed by atoms with Crippen molar-refractivity contribution in [1.29, 1.82) is 0 Å². The summed E-state index contributed by atoms with van der Waals surface area (Å²) in [5, 5.41) is 33.2. The average Bonchev–Trinajstić information content (AvgIpc) is 3.27. The van der Waals surface area contributed by atoms with Gasteiger partial charge in [0.1, 0.15) is 36.2 Å². The zero-order valence-corrected chi connectivity index (χ0v) is 17.1. The van der Waals surface area contributed by atoms with Gasteiger partial charge in [-0.1, -0.05) is 6.07 Å². The number of hydrogen-bond donors (Lipinski definition) is 6. The van der Waals surface area contributed by atoms with Crippen LogP contribution in [-0.2, 0) is 20.4 Å². The van der Waals surface area contributed by atoms with E-state index >= 15 is 0 Å². The molecule has 6 N–H and O–H groups in total. The molecule has 32 heavy (non-hydrogen) atoms. The molecule has 0 saturated carbocycles. The van der Waals surface area contributed by atoms with Gasteiger partial charge < -0.3 is 35.2 Å². The normalized spacial score (nSPS) is 23.7. The standard InChI is InChI=1S/C17H19FN5O8P/c18-9-2-1-3-10(24)8(9)4-19-15-12-16(21-6-20-15)23(7-22-12)17-14(26)13(25)11(31-17)5-30-32(27,28)29/h1-3,6-7,11,13-14,17,24-26H,4-5H2,(H,19,20,21)(H2,27,28,29)/t11-,13-,14-,17-/m1/s1. The van der Waals surface area contributed by atoms with Crippen LogP contribution in [0, 0.1) is 5.82 Å². The molecule has 1 saturated heterocycles. The van der Waals surface area contributed by atoms with Crippen LogP contribution in [0.5, 0.6) is 5.75 Å². The summed E-state index contributed by atoms with van der Waals surface area (Å²) >= 11 is 0. The highest BCUT2D eigenvalue weighted by Gasteiger charge is 2.45. The van der Waals surface area contributed by atoms with Gasteiger partial charge in [-0.05, 0) is 12.1 Å². The lowest BCUT2D eigenvalue weighted by molar-refractivity contribution is -0.0504. The van der Waals surface area contributed by atoms with E-state index in [0.717, 1.165) is 0 Å². The van der Waals surface area contributed by atoms with E-state index < -0.39 is 44.8 Å². The van der Waals surface area contributed by atoms with Crippen molar-refractivity contribution in [2.75, 3.05) is 11.9 Å². The summed E-state index contributed by atoms with van der Waals surface area (Å²) in [6, 6.07) is 3.93. The van der Waals surface area contributed by atoms with E-state index in [2.05, 4.69) is 24.8 Å². The number of phenols is 1. The van der Waals surface area contributed by atoms with Gasteiger partial charge in [-0.25, -0.2) is 23.9 Å². The SMILES string of the molecule is O=P(O)(O)OC[C@H]1O[C@@H](n2cnc3c(NCc4c(O)cccc4F)ncnc32)[C@H](O)[C@@H]1O. The first-order valence-corrected chi connectivity index (χ1v) is 10.8. The molecule has 3 heterocycles. The molecule has 0 amide bonds. The fourth-order valence-electron chi connectivity index (χ4n) is 3.33. The molecule has 1 aliphatic rings. The first kappa shape index (κ1) is 22.5. The van der Waals surface area contributed by atoms with Crippen LogP contribution in [0.2, 0.25) is 0 Å². The number of benzene rings is 1. The predicted octanol–water partition coefficient (Wildman–Crippen LogP) is 0.0116. The summed E-state index contributed by atoms with van der Waals surface area (Å²) in [5.74, 6) is -0.618. The number of rotatable bonds is 7. The Labute approximate surface area is 179 Å². The van der Waals surface area contributed by atoms with E-state index in [1.807, 2.05) is 0 Å². The number of aliphatic hydroxyl groups is 2. The van der Waals surface area contributed by atoms with Gasteiger partial charge in [0.15, 0.2) is 23.2 Å². The van der Waals surface area contributed by atoms with Crippen LogP contribution in [0.15, 0.2) is 30.9 Å². The molecule has 1 aliphatic heterocycles. The largest absolute Gasteiger partial charge is 0.507 e. The van der Waals surface area contributed by atoms with E-state index in [4.69, 9.17) is 14.5 Å². The quantitative estimate of drug-likeness (QED) is 0.253. The molecule has 3 aromatic rings. The number of hydrogen-bond acceptors (Lipinski definition) is 10. The average molecular weight is 471 g/mol. The maximum absolute atomic E-state index is 13.9. The number of nitrogens with one attached hydrogen (secondary N) is 1. The Balaban J connectivity index is 1.56. The number of aromatic nitrogens is 4. The maximum atomic E-state index is 13.9. The molecule has 1 aromatic carbocycles. The summed E-state index contributed by atoms with van der Waals surface area (Å²) in [4.78, 5) is 30.0. The highest BCUT2D eigenvalue weighted by atomic mass is 31.2. The second-order valence-electron chi connectivity index (χ2n) is 6.97. The van der Waals surface area contributed by atoms with Gasteiger partial charge in [0, 0.05) is 12.1 Å². The lowest BCUT2D eigenvalue weighted by atomic mass is 10.1. The highest BCUT2D eigenvalue weighted by molar-refractivity contribution is 7.46. The molecular formula is C17H19FN5O8P. The summed E-state index contributed by atoms with van der Waals surface area (Å²) in [6.45, 7) is -0.750. The Morgan fingerprint density at radius 3 is 2.72 bits per heavy atom. The molecule has 13 nitrogen and oxygen atoms in total. The first-order valence-electron chi connectivity index (χ1n) is 9.25. The fourth-order valence-corrected chi connectivity index (χ4v) is 3.67. The van der Waals surface area contributed by atoms with Crippen LogP contribution >= 0.6 is 7.82 Å². The number of halogens is 1. The van der Waals surface area contributed by atoms with Gasteiger partial charge in [-0.15, -0.1) is 0 Å². The molecule has 2 aromatic heterocycles. The van der Waals surface area contributed by atoms with Crippen LogP contribution in [0.4, 0.5) is 10.2 Å². The number of aliphatic hydroxyl groups excluding tert-OH is 2. The zero-order valence-electron chi connectivity index (χ0n) is 16.2. The topological polar surface area (TPSA) is 192 Å². The first-order chi connectivity index (χ1) is 15.2. The molecular weight excluding hydrogens is 452 g/mol. The van der Waals surface area contributed by atoms with Gasteiger partial charge in [0.25, 0.3) is 0 Å². The molecule has 0 aliphatic carbocycles. The second kappa shape index (κ2) is 8.67. The second-order valence-corrected chi connectivity index (χ2v) is 8.21. The van der Waals surface area contributed by atoms with Crippen molar-refractivity contribution in [1.82, 2.24) is 19.5 Å². The minimum absolute atomic E-state index is 0.0317. The Bertz CT molecular complexity index is 1150. The number of phosphoric acid groups is 1. The van der Waals surface area contributed by atoms with Crippen molar-refractivity contribution in [2.24, 2.45) is 0 Å². The number of phenolic OH excluding ortho intramolecular Hbond substituents is 1. The van der Waals surface area contributed by atoms with Crippen LogP contribution < -0.4 is 5.32 Å². The van der Waals surface area contributed by atoms with Gasteiger partial charge in [-0.3, -0.25) is 9.09 Å². The van der Waals surface area contributed by atoms with E-state index in [9.17, 15) is 24.3 Å². The van der Waals surface area contributed by atoms with E-state index in [1.165, 1.54) is 35.4 Å². The minimum atomic E-state index is -4.80. The van der Waals surface area contributed by atoms with Crippen molar-refractivity contribution in [2.45, 2.75) is 31.1 Å². The smallest absolute Gasteiger partial charge is 0.469 e. The third-order valence-corrected chi connectivity index (χ3v) is 5.39. The van der Waals surface area contributed by atoms with Crippen molar-refractivity contribution < 1.29 is 43.3 Å². The third kappa shape index (κ3) is 4.42. The summed E-state index contributed by atoms with van der Waals surface area (Å²) in [7, 11) is -4.80. The lowest BCUT2D eigenvalue weighted by Crippen LogP contribution is -2.33.